The molecule has 1 heterocycles. The van der Waals surface area contributed by atoms with Crippen LogP contribution in [-0.2, 0) is 14.2 Å². The van der Waals surface area contributed by atoms with Crippen molar-refractivity contribution in [3.63, 3.8) is 0 Å². The molecule has 0 aromatic carbocycles. The topological polar surface area (TPSA) is 27.7 Å². The molecule has 12 heavy (non-hydrogen) atoms. The van der Waals surface area contributed by atoms with Crippen LogP contribution in [0.3, 0.4) is 0 Å². The van der Waals surface area contributed by atoms with E-state index in [1.54, 1.807) is 6.92 Å². The van der Waals surface area contributed by atoms with Crippen LogP contribution in [0.5, 0.6) is 0 Å². The first-order chi connectivity index (χ1) is 5.64. The molecular weight excluding hydrogens is 156 g/mol. The average Bonchev–Trinajstić information content (AvgIpc) is 2.31. The predicted octanol–water partition coefficient (Wildman–Crippen LogP) is 1.14. The van der Waals surface area contributed by atoms with Crippen molar-refractivity contribution in [2.45, 2.75) is 32.7 Å². The molecule has 0 N–H and O–H groups in total. The molecular formula is C9H14O3. The fourth-order valence-electron chi connectivity index (χ4n) is 1.05. The number of ether oxygens (including phenoxy) is 3. The molecule has 1 unspecified atom stereocenters. The Kier molecular flexibility index (Phi) is 2.96. The summed E-state index contributed by atoms with van der Waals surface area (Å²) in [6, 6.07) is 0. The molecule has 3 heteroatoms. The van der Waals surface area contributed by atoms with Crippen molar-refractivity contribution in [1.29, 1.82) is 0 Å². The summed E-state index contributed by atoms with van der Waals surface area (Å²) in [5.41, 5.74) is 0. The van der Waals surface area contributed by atoms with Crippen LogP contribution in [0, 0.1) is 12.0 Å². The van der Waals surface area contributed by atoms with Crippen LogP contribution in [-0.4, -0.2) is 25.1 Å². The van der Waals surface area contributed by atoms with E-state index in [1.807, 2.05) is 13.8 Å². The molecule has 1 saturated heterocycles. The second-order valence-corrected chi connectivity index (χ2v) is 3.11. The van der Waals surface area contributed by atoms with Gasteiger partial charge in [-0.3, -0.25) is 0 Å². The molecule has 1 fully saturated rings. The molecule has 1 rings (SSSR count). The van der Waals surface area contributed by atoms with Crippen molar-refractivity contribution in [2.75, 3.05) is 13.2 Å². The quantitative estimate of drug-likeness (QED) is 0.581. The third-order valence-electron chi connectivity index (χ3n) is 1.51. The lowest BCUT2D eigenvalue weighted by Crippen LogP contribution is -2.23. The van der Waals surface area contributed by atoms with Crippen molar-refractivity contribution < 1.29 is 14.2 Å². The zero-order valence-electron chi connectivity index (χ0n) is 7.72. The second-order valence-electron chi connectivity index (χ2n) is 3.11. The van der Waals surface area contributed by atoms with Crippen LogP contribution in [0.4, 0.5) is 0 Å². The fourth-order valence-corrected chi connectivity index (χ4v) is 1.05. The lowest BCUT2D eigenvalue weighted by molar-refractivity contribution is -0.142. The normalized spacial score (nSPS) is 26.1. The highest BCUT2D eigenvalue weighted by molar-refractivity contribution is 4.86. The standard InChI is InChI=1S/C9H14O3/c1-4-5-10-6-8-7-11-9(2,3)12-8/h8H,6-7H2,1-3H3. The van der Waals surface area contributed by atoms with E-state index < -0.39 is 5.79 Å². The summed E-state index contributed by atoms with van der Waals surface area (Å²) in [6.07, 6.45) is 2.53. The Labute approximate surface area is 73.0 Å². The van der Waals surface area contributed by atoms with E-state index in [0.29, 0.717) is 13.2 Å². The Bertz CT molecular complexity index is 200. The smallest absolute Gasteiger partial charge is 0.163 e. The highest BCUT2D eigenvalue weighted by Gasteiger charge is 2.32. The molecule has 3 nitrogen and oxygen atoms in total. The molecule has 1 atom stereocenters. The minimum atomic E-state index is -0.465. The van der Waals surface area contributed by atoms with Crippen LogP contribution in [0.15, 0.2) is 0 Å². The lowest BCUT2D eigenvalue weighted by atomic mass is 10.4. The van der Waals surface area contributed by atoms with Gasteiger partial charge in [0.05, 0.1) is 6.61 Å². The van der Waals surface area contributed by atoms with Gasteiger partial charge in [-0.1, -0.05) is 5.92 Å². The lowest BCUT2D eigenvalue weighted by Gasteiger charge is -2.16. The van der Waals surface area contributed by atoms with Crippen LogP contribution in [0.25, 0.3) is 0 Å². The maximum Gasteiger partial charge on any atom is 0.163 e. The van der Waals surface area contributed by atoms with Gasteiger partial charge < -0.3 is 14.2 Å². The maximum absolute atomic E-state index is 5.48. The zero-order chi connectivity index (χ0) is 9.03. The van der Waals surface area contributed by atoms with Gasteiger partial charge in [-0.05, 0) is 13.8 Å². The van der Waals surface area contributed by atoms with E-state index in [1.165, 1.54) is 0 Å². The molecule has 1 aliphatic rings. The number of hydrogen-bond acceptors (Lipinski definition) is 3. The Morgan fingerprint density at radius 1 is 1.58 bits per heavy atom. The monoisotopic (exact) mass is 170 g/mol. The first-order valence-electron chi connectivity index (χ1n) is 3.99. The van der Waals surface area contributed by atoms with Crippen molar-refractivity contribution in [1.82, 2.24) is 0 Å². The highest BCUT2D eigenvalue weighted by atomic mass is 16.7. The van der Waals surface area contributed by atoms with E-state index in [9.17, 15) is 0 Å². The summed E-state index contributed by atoms with van der Waals surface area (Å²) in [7, 11) is 0. The summed E-state index contributed by atoms with van der Waals surface area (Å²) < 4.78 is 15.8. The summed E-state index contributed by atoms with van der Waals surface area (Å²) >= 11 is 0. The number of hydrogen-bond donors (Lipinski definition) is 0. The molecule has 0 amide bonds. The first-order valence-corrected chi connectivity index (χ1v) is 3.99. The van der Waals surface area contributed by atoms with Gasteiger partial charge in [-0.2, -0.15) is 0 Å². The Hall–Kier alpha value is -0.720. The van der Waals surface area contributed by atoms with Gasteiger partial charge in [0.1, 0.15) is 18.8 Å². The third-order valence-corrected chi connectivity index (χ3v) is 1.51. The van der Waals surface area contributed by atoms with Gasteiger partial charge in [-0.15, -0.1) is 0 Å². The minimum absolute atomic E-state index is 0.0147. The maximum atomic E-state index is 5.48. The Balaban J connectivity index is 2.22. The highest BCUT2D eigenvalue weighted by Crippen LogP contribution is 2.21. The van der Waals surface area contributed by atoms with Gasteiger partial charge >= 0.3 is 0 Å². The summed E-state index contributed by atoms with van der Waals surface area (Å²) in [5.74, 6) is 2.18. The van der Waals surface area contributed by atoms with Gasteiger partial charge in [0.15, 0.2) is 5.79 Å². The van der Waals surface area contributed by atoms with E-state index >= 15 is 0 Å². The Morgan fingerprint density at radius 2 is 2.33 bits per heavy atom. The SMILES string of the molecule is CC#COCC1COC(C)(C)O1. The van der Waals surface area contributed by atoms with Crippen LogP contribution in [0.2, 0.25) is 0 Å². The zero-order valence-corrected chi connectivity index (χ0v) is 7.72. The van der Waals surface area contributed by atoms with Gasteiger partial charge in [-0.25, -0.2) is 0 Å². The van der Waals surface area contributed by atoms with Crippen LogP contribution >= 0.6 is 0 Å². The molecule has 0 aromatic rings. The molecule has 0 bridgehead atoms. The largest absolute Gasteiger partial charge is 0.444 e. The average molecular weight is 170 g/mol. The molecule has 0 spiro atoms. The van der Waals surface area contributed by atoms with Gasteiger partial charge in [0.25, 0.3) is 0 Å². The molecule has 1 aliphatic heterocycles. The van der Waals surface area contributed by atoms with Gasteiger partial charge in [0.2, 0.25) is 0 Å². The minimum Gasteiger partial charge on any atom is -0.444 e. The van der Waals surface area contributed by atoms with E-state index in [0.717, 1.165) is 0 Å². The molecule has 0 aliphatic carbocycles. The number of rotatable bonds is 2. The van der Waals surface area contributed by atoms with Crippen LogP contribution in [0.1, 0.15) is 20.8 Å². The molecule has 68 valence electrons. The third kappa shape index (κ3) is 2.72. The Morgan fingerprint density at radius 3 is 2.83 bits per heavy atom. The van der Waals surface area contributed by atoms with Crippen LogP contribution < -0.4 is 0 Å². The van der Waals surface area contributed by atoms with Crippen molar-refractivity contribution in [2.24, 2.45) is 0 Å². The molecule has 0 radical (unpaired) electrons. The molecule has 0 aromatic heterocycles. The van der Waals surface area contributed by atoms with E-state index in [-0.39, 0.29) is 6.10 Å². The fraction of sp³-hybridized carbons (Fsp3) is 0.778. The van der Waals surface area contributed by atoms with Gasteiger partial charge in [0, 0.05) is 6.92 Å². The molecule has 0 saturated carbocycles. The summed E-state index contributed by atoms with van der Waals surface area (Å²) in [4.78, 5) is 0. The second kappa shape index (κ2) is 3.79. The van der Waals surface area contributed by atoms with Crippen molar-refractivity contribution >= 4 is 0 Å². The van der Waals surface area contributed by atoms with E-state index in [2.05, 4.69) is 12.0 Å². The van der Waals surface area contributed by atoms with Crippen molar-refractivity contribution in [3.05, 3.63) is 0 Å². The van der Waals surface area contributed by atoms with Crippen molar-refractivity contribution in [3.8, 4) is 12.0 Å². The summed E-state index contributed by atoms with van der Waals surface area (Å²) in [6.45, 7) is 6.57. The van der Waals surface area contributed by atoms with E-state index in [4.69, 9.17) is 14.2 Å². The summed E-state index contributed by atoms with van der Waals surface area (Å²) in [5, 5.41) is 0. The first kappa shape index (κ1) is 9.37. The predicted molar refractivity (Wildman–Crippen MR) is 44.3 cm³/mol.